The summed E-state index contributed by atoms with van der Waals surface area (Å²) >= 11 is 0. The molecule has 2 rings (SSSR count). The van der Waals surface area contributed by atoms with E-state index in [1.807, 2.05) is 19.1 Å². The van der Waals surface area contributed by atoms with Gasteiger partial charge in [-0.05, 0) is 47.7 Å². The normalized spacial score (nSPS) is 15.2. The molecule has 0 amide bonds. The van der Waals surface area contributed by atoms with Gasteiger partial charge in [-0.15, -0.1) is 0 Å². The molecule has 6 N–H and O–H groups in total. The molecule has 0 bridgehead atoms. The molecule has 0 aliphatic carbocycles. The Morgan fingerprint density at radius 2 is 1.45 bits per heavy atom. The van der Waals surface area contributed by atoms with Gasteiger partial charge in [-0.25, -0.2) is 0 Å². The van der Waals surface area contributed by atoms with Crippen molar-refractivity contribution in [2.45, 2.75) is 25.5 Å². The third-order valence-electron chi connectivity index (χ3n) is 3.78. The van der Waals surface area contributed by atoms with Crippen molar-refractivity contribution in [2.24, 2.45) is 11.7 Å². The maximum absolute atomic E-state index is 10.3. The lowest BCUT2D eigenvalue weighted by Gasteiger charge is -2.25. The van der Waals surface area contributed by atoms with Crippen LogP contribution in [0.15, 0.2) is 42.5 Å². The molecule has 0 aliphatic rings. The van der Waals surface area contributed by atoms with E-state index in [2.05, 4.69) is 0 Å². The van der Waals surface area contributed by atoms with Crippen LogP contribution < -0.4 is 5.73 Å². The second-order valence-electron chi connectivity index (χ2n) is 5.65. The van der Waals surface area contributed by atoms with Crippen LogP contribution in [0.25, 0.3) is 0 Å². The van der Waals surface area contributed by atoms with Crippen LogP contribution in [0.3, 0.4) is 0 Å². The highest BCUT2D eigenvalue weighted by Gasteiger charge is 2.24. The molecule has 5 heteroatoms. The summed E-state index contributed by atoms with van der Waals surface area (Å²) in [6, 6.07) is 10.2. The number of nitrogens with two attached hydrogens (primary N) is 1. The van der Waals surface area contributed by atoms with Crippen molar-refractivity contribution >= 4 is 0 Å². The fraction of sp³-hybridized carbons (Fsp3) is 0.294. The van der Waals surface area contributed by atoms with E-state index in [1.165, 1.54) is 18.2 Å². The summed E-state index contributed by atoms with van der Waals surface area (Å²) in [6.07, 6.45) is -0.353. The zero-order chi connectivity index (χ0) is 16.3. The minimum absolute atomic E-state index is 0.0379. The number of rotatable bonds is 5. The Morgan fingerprint density at radius 1 is 0.909 bits per heavy atom. The molecule has 0 saturated carbocycles. The first-order valence-electron chi connectivity index (χ1n) is 7.11. The molecule has 0 fully saturated rings. The van der Waals surface area contributed by atoms with Gasteiger partial charge < -0.3 is 26.2 Å². The number of hydrogen-bond donors (Lipinski definition) is 5. The average molecular weight is 303 g/mol. The molecule has 0 heterocycles. The molecular formula is C17H21NO4. The van der Waals surface area contributed by atoms with Crippen molar-refractivity contribution in [1.82, 2.24) is 0 Å². The van der Waals surface area contributed by atoms with E-state index in [0.29, 0.717) is 12.0 Å². The Hall–Kier alpha value is -2.24. The minimum Gasteiger partial charge on any atom is -0.508 e. The van der Waals surface area contributed by atoms with Crippen LogP contribution in [0.4, 0.5) is 0 Å². The Balaban J connectivity index is 2.08. The van der Waals surface area contributed by atoms with Crippen LogP contribution in [0.1, 0.15) is 24.2 Å². The predicted octanol–water partition coefficient (Wildman–Crippen LogP) is 2.04. The fourth-order valence-electron chi connectivity index (χ4n) is 2.46. The van der Waals surface area contributed by atoms with Gasteiger partial charge in [0.15, 0.2) is 0 Å². The van der Waals surface area contributed by atoms with E-state index >= 15 is 0 Å². The van der Waals surface area contributed by atoms with Gasteiger partial charge in [-0.2, -0.15) is 0 Å². The van der Waals surface area contributed by atoms with Crippen molar-refractivity contribution in [3.63, 3.8) is 0 Å². The summed E-state index contributed by atoms with van der Waals surface area (Å²) in [7, 11) is 0. The van der Waals surface area contributed by atoms with Crippen LogP contribution in [-0.4, -0.2) is 26.5 Å². The molecule has 0 aliphatic heterocycles. The molecule has 0 radical (unpaired) electrons. The molecule has 2 aromatic carbocycles. The predicted molar refractivity (Wildman–Crippen MR) is 83.7 cm³/mol. The summed E-state index contributed by atoms with van der Waals surface area (Å²) in [5.41, 5.74) is 7.49. The monoisotopic (exact) mass is 303 g/mol. The highest BCUT2D eigenvalue weighted by Crippen LogP contribution is 2.29. The minimum atomic E-state index is -0.995. The number of phenols is 3. The second-order valence-corrected chi connectivity index (χ2v) is 5.65. The summed E-state index contributed by atoms with van der Waals surface area (Å²) < 4.78 is 0. The van der Waals surface area contributed by atoms with Gasteiger partial charge in [0.25, 0.3) is 0 Å². The molecule has 22 heavy (non-hydrogen) atoms. The quantitative estimate of drug-likeness (QED) is 0.581. The molecule has 118 valence electrons. The van der Waals surface area contributed by atoms with E-state index in [4.69, 9.17) is 5.73 Å². The Kier molecular flexibility index (Phi) is 4.90. The molecule has 2 aromatic rings. The van der Waals surface area contributed by atoms with E-state index in [0.717, 1.165) is 5.56 Å². The van der Waals surface area contributed by atoms with Crippen molar-refractivity contribution in [2.75, 3.05) is 0 Å². The second kappa shape index (κ2) is 6.68. The van der Waals surface area contributed by atoms with Crippen LogP contribution in [-0.2, 0) is 6.42 Å². The van der Waals surface area contributed by atoms with E-state index in [-0.39, 0.29) is 23.2 Å². The molecular weight excluding hydrogens is 282 g/mol. The zero-order valence-corrected chi connectivity index (χ0v) is 12.3. The summed E-state index contributed by atoms with van der Waals surface area (Å²) in [6.45, 7) is 1.92. The molecule has 1 unspecified atom stereocenters. The third-order valence-corrected chi connectivity index (χ3v) is 3.78. The third kappa shape index (κ3) is 3.90. The van der Waals surface area contributed by atoms with E-state index < -0.39 is 12.1 Å². The molecule has 3 atom stereocenters. The number of phenolic OH excluding ortho intramolecular Hbond substituents is 3. The SMILES string of the molecule is C[C@H](Cc1ccc(O)cc1)C(N)[C@H](O)c1cc(O)cc(O)c1. The van der Waals surface area contributed by atoms with Gasteiger partial charge >= 0.3 is 0 Å². The smallest absolute Gasteiger partial charge is 0.119 e. The first-order valence-corrected chi connectivity index (χ1v) is 7.11. The lowest BCUT2D eigenvalue weighted by atomic mass is 9.88. The van der Waals surface area contributed by atoms with Crippen LogP contribution in [0.5, 0.6) is 17.2 Å². The number of aliphatic hydroxyl groups excluding tert-OH is 1. The van der Waals surface area contributed by atoms with Gasteiger partial charge in [-0.3, -0.25) is 0 Å². The Bertz CT molecular complexity index is 607. The lowest BCUT2D eigenvalue weighted by molar-refractivity contribution is 0.121. The topological polar surface area (TPSA) is 107 Å². The number of benzene rings is 2. The van der Waals surface area contributed by atoms with Gasteiger partial charge in [-0.1, -0.05) is 19.1 Å². The highest BCUT2D eigenvalue weighted by molar-refractivity contribution is 5.38. The van der Waals surface area contributed by atoms with Crippen molar-refractivity contribution in [3.05, 3.63) is 53.6 Å². The number of aliphatic hydroxyl groups is 1. The lowest BCUT2D eigenvalue weighted by Crippen LogP contribution is -2.36. The Morgan fingerprint density at radius 3 is 2.00 bits per heavy atom. The first kappa shape index (κ1) is 16.1. The molecule has 0 saturated heterocycles. The molecule has 0 aromatic heterocycles. The van der Waals surface area contributed by atoms with Crippen LogP contribution in [0.2, 0.25) is 0 Å². The summed E-state index contributed by atoms with van der Waals surface area (Å²) in [5.74, 6) is -0.0696. The largest absolute Gasteiger partial charge is 0.508 e. The van der Waals surface area contributed by atoms with Crippen LogP contribution >= 0.6 is 0 Å². The molecule has 0 spiro atoms. The maximum Gasteiger partial charge on any atom is 0.119 e. The average Bonchev–Trinajstić information content (AvgIpc) is 2.47. The van der Waals surface area contributed by atoms with Crippen molar-refractivity contribution in [1.29, 1.82) is 0 Å². The first-order chi connectivity index (χ1) is 10.4. The van der Waals surface area contributed by atoms with Gasteiger partial charge in [0.2, 0.25) is 0 Å². The van der Waals surface area contributed by atoms with E-state index in [1.54, 1.807) is 12.1 Å². The number of hydrogen-bond acceptors (Lipinski definition) is 5. The molecule has 5 nitrogen and oxygen atoms in total. The van der Waals surface area contributed by atoms with Gasteiger partial charge in [0.05, 0.1) is 6.10 Å². The van der Waals surface area contributed by atoms with E-state index in [9.17, 15) is 20.4 Å². The standard InChI is InChI=1S/C17H21NO4/c1-10(6-11-2-4-13(19)5-3-11)16(18)17(22)12-7-14(20)9-15(21)8-12/h2-5,7-10,16-17,19-22H,6,18H2,1H3/t10-,16?,17-/m1/s1. The van der Waals surface area contributed by atoms with Gasteiger partial charge in [0, 0.05) is 12.1 Å². The fourth-order valence-corrected chi connectivity index (χ4v) is 2.46. The van der Waals surface area contributed by atoms with Gasteiger partial charge in [0.1, 0.15) is 17.2 Å². The summed E-state index contributed by atoms with van der Waals surface area (Å²) in [4.78, 5) is 0. The van der Waals surface area contributed by atoms with Crippen LogP contribution in [0, 0.1) is 5.92 Å². The highest BCUT2D eigenvalue weighted by atomic mass is 16.3. The Labute approximate surface area is 129 Å². The zero-order valence-electron chi connectivity index (χ0n) is 12.3. The van der Waals surface area contributed by atoms with Crippen molar-refractivity contribution < 1.29 is 20.4 Å². The summed E-state index contributed by atoms with van der Waals surface area (Å²) in [5, 5.41) is 38.6. The maximum atomic E-state index is 10.3. The van der Waals surface area contributed by atoms with Crippen molar-refractivity contribution in [3.8, 4) is 17.2 Å². The number of aromatic hydroxyl groups is 3.